The van der Waals surface area contributed by atoms with Crippen LogP contribution in [-0.4, -0.2) is 43.6 Å². The van der Waals surface area contributed by atoms with Gasteiger partial charge in [0.05, 0.1) is 28.3 Å². The van der Waals surface area contributed by atoms with E-state index in [1.807, 2.05) is 44.0 Å². The zero-order chi connectivity index (χ0) is 27.9. The van der Waals surface area contributed by atoms with Crippen molar-refractivity contribution in [2.24, 2.45) is 0 Å². The average molecular weight is 604 g/mol. The largest absolute Gasteiger partial charge is 0.489 e. The maximum absolute atomic E-state index is 13.2. The fourth-order valence-electron chi connectivity index (χ4n) is 5.44. The van der Waals surface area contributed by atoms with Crippen LogP contribution < -0.4 is 9.64 Å². The van der Waals surface area contributed by atoms with Gasteiger partial charge in [0.15, 0.2) is 0 Å². The summed E-state index contributed by atoms with van der Waals surface area (Å²) in [6.45, 7) is 8.82. The molecule has 3 aromatic carbocycles. The van der Waals surface area contributed by atoms with Gasteiger partial charge in [0, 0.05) is 32.6 Å². The highest BCUT2D eigenvalue weighted by Gasteiger charge is 2.24. The molecule has 0 N–H and O–H groups in total. The summed E-state index contributed by atoms with van der Waals surface area (Å²) < 4.78 is 6.26. The summed E-state index contributed by atoms with van der Waals surface area (Å²) in [4.78, 5) is 17.5. The van der Waals surface area contributed by atoms with E-state index in [1.54, 1.807) is 0 Å². The number of anilines is 1. The zero-order valence-corrected chi connectivity index (χ0v) is 26.2. The van der Waals surface area contributed by atoms with Crippen molar-refractivity contribution in [3.8, 4) is 5.75 Å². The molecule has 1 aliphatic rings. The van der Waals surface area contributed by atoms with E-state index < -0.39 is 0 Å². The number of amides is 1. The summed E-state index contributed by atoms with van der Waals surface area (Å²) in [5.74, 6) is 1.73. The number of halogens is 3. The number of carbonyl (C=O) groups excluding carboxylic acids is 1. The Kier molecular flexibility index (Phi) is 12.0. The van der Waals surface area contributed by atoms with Gasteiger partial charge in [0.25, 0.3) is 0 Å². The second-order valence-electron chi connectivity index (χ2n) is 10.9. The van der Waals surface area contributed by atoms with Crippen molar-refractivity contribution in [2.45, 2.75) is 64.4 Å². The first-order valence-corrected chi connectivity index (χ1v) is 14.8. The maximum Gasteiger partial charge on any atom is 0.226 e. The molecule has 216 valence electrons. The van der Waals surface area contributed by atoms with Gasteiger partial charge < -0.3 is 14.5 Å². The van der Waals surface area contributed by atoms with E-state index in [1.165, 1.54) is 5.56 Å². The number of hydrogen-bond acceptors (Lipinski definition) is 3. The summed E-state index contributed by atoms with van der Waals surface area (Å²) in [5.41, 5.74) is 4.61. The van der Waals surface area contributed by atoms with Crippen molar-refractivity contribution in [3.63, 3.8) is 0 Å². The van der Waals surface area contributed by atoms with Crippen LogP contribution in [-0.2, 0) is 11.2 Å². The molecule has 7 heteroatoms. The van der Waals surface area contributed by atoms with Gasteiger partial charge in [-0.25, -0.2) is 0 Å². The normalized spacial score (nSPS) is 14.5. The molecule has 0 aromatic heterocycles. The molecular formula is C33H41Cl3N2O2. The van der Waals surface area contributed by atoms with Crippen LogP contribution in [0.1, 0.15) is 68.6 Å². The Morgan fingerprint density at radius 3 is 2.33 bits per heavy atom. The molecule has 4 nitrogen and oxygen atoms in total. The number of ether oxygens (including phenoxy) is 1. The minimum absolute atomic E-state index is 0. The van der Waals surface area contributed by atoms with Crippen LogP contribution in [0.4, 0.5) is 5.69 Å². The van der Waals surface area contributed by atoms with Gasteiger partial charge in [-0.2, -0.15) is 0 Å². The SMILES string of the molecule is CCC(CN(C)C(=O)Cc1ccc(N2CCC(c3ccccc3)CC2)c(OC(C)C)c1)c1ccc(Cl)c(Cl)c1.Cl. The second kappa shape index (κ2) is 15.0. The fraction of sp³-hybridized carbons (Fsp3) is 0.424. The molecule has 1 saturated heterocycles. The summed E-state index contributed by atoms with van der Waals surface area (Å²) in [7, 11) is 1.87. The quantitative estimate of drug-likeness (QED) is 0.232. The lowest BCUT2D eigenvalue weighted by molar-refractivity contribution is -0.129. The van der Waals surface area contributed by atoms with Crippen LogP contribution >= 0.6 is 35.6 Å². The van der Waals surface area contributed by atoms with E-state index in [4.69, 9.17) is 27.9 Å². The van der Waals surface area contributed by atoms with Crippen LogP contribution in [0.25, 0.3) is 0 Å². The van der Waals surface area contributed by atoms with E-state index in [0.717, 1.165) is 54.9 Å². The van der Waals surface area contributed by atoms with Crippen molar-refractivity contribution >= 4 is 47.2 Å². The van der Waals surface area contributed by atoms with Gasteiger partial charge in [-0.05, 0) is 80.0 Å². The van der Waals surface area contributed by atoms with Crippen LogP contribution in [0.5, 0.6) is 5.75 Å². The molecule has 0 bridgehead atoms. The smallest absolute Gasteiger partial charge is 0.226 e. The number of carbonyl (C=O) groups is 1. The first kappa shape index (κ1) is 32.1. The molecule has 1 aliphatic heterocycles. The molecule has 1 heterocycles. The number of benzene rings is 3. The Morgan fingerprint density at radius 2 is 1.70 bits per heavy atom. The molecule has 0 saturated carbocycles. The zero-order valence-electron chi connectivity index (χ0n) is 23.9. The average Bonchev–Trinajstić information content (AvgIpc) is 2.93. The molecule has 3 aromatic rings. The molecule has 1 atom stereocenters. The first-order chi connectivity index (χ1) is 18.7. The lowest BCUT2D eigenvalue weighted by Gasteiger charge is -2.35. The highest BCUT2D eigenvalue weighted by atomic mass is 35.5. The minimum atomic E-state index is 0. The topological polar surface area (TPSA) is 32.8 Å². The van der Waals surface area contributed by atoms with E-state index in [9.17, 15) is 4.79 Å². The number of nitrogens with zero attached hydrogens (tertiary/aromatic N) is 2. The lowest BCUT2D eigenvalue weighted by atomic mass is 9.89. The number of likely N-dealkylation sites (N-methyl/N-ethyl adjacent to an activating group) is 1. The molecule has 0 radical (unpaired) electrons. The molecule has 1 amide bonds. The minimum Gasteiger partial charge on any atom is -0.489 e. The van der Waals surface area contributed by atoms with E-state index in [0.29, 0.717) is 28.9 Å². The predicted molar refractivity (Wildman–Crippen MR) is 171 cm³/mol. The van der Waals surface area contributed by atoms with Crippen molar-refractivity contribution in [1.82, 2.24) is 4.90 Å². The molecule has 40 heavy (non-hydrogen) atoms. The molecule has 0 spiro atoms. The third-order valence-electron chi connectivity index (χ3n) is 7.68. The Hall–Kier alpha value is -2.40. The standard InChI is InChI=1S/C33H40Cl2N2O2.ClH/c1-5-25(28-12-13-29(34)30(35)21-28)22-36(4)33(38)20-24-11-14-31(32(19-24)39-23(2)3)37-17-15-27(16-18-37)26-9-7-6-8-10-26;/h6-14,19,21,23,25,27H,5,15-18,20,22H2,1-4H3;1H. The van der Waals surface area contributed by atoms with Gasteiger partial charge >= 0.3 is 0 Å². The van der Waals surface area contributed by atoms with Crippen LogP contribution in [0.2, 0.25) is 10.0 Å². The molecular weight excluding hydrogens is 563 g/mol. The lowest BCUT2D eigenvalue weighted by Crippen LogP contribution is -2.33. The number of piperidine rings is 1. The van der Waals surface area contributed by atoms with Crippen molar-refractivity contribution < 1.29 is 9.53 Å². The van der Waals surface area contributed by atoms with Crippen LogP contribution in [0.3, 0.4) is 0 Å². The van der Waals surface area contributed by atoms with Gasteiger partial charge in [-0.3, -0.25) is 4.79 Å². The molecule has 4 rings (SSSR count). The summed E-state index contributed by atoms with van der Waals surface area (Å²) in [5, 5.41) is 1.09. The Morgan fingerprint density at radius 1 is 1.00 bits per heavy atom. The van der Waals surface area contributed by atoms with Crippen LogP contribution in [0.15, 0.2) is 66.7 Å². The molecule has 1 unspecified atom stereocenters. The van der Waals surface area contributed by atoms with Gasteiger partial charge in [0.2, 0.25) is 5.91 Å². The van der Waals surface area contributed by atoms with E-state index >= 15 is 0 Å². The third-order valence-corrected chi connectivity index (χ3v) is 8.42. The monoisotopic (exact) mass is 602 g/mol. The Labute approximate surface area is 256 Å². The first-order valence-electron chi connectivity index (χ1n) is 14.0. The summed E-state index contributed by atoms with van der Waals surface area (Å²) in [6.07, 6.45) is 3.52. The fourth-order valence-corrected chi connectivity index (χ4v) is 5.74. The van der Waals surface area contributed by atoms with Gasteiger partial charge in [-0.1, -0.05) is 72.6 Å². The Balaban J connectivity index is 0.00000441. The van der Waals surface area contributed by atoms with E-state index in [-0.39, 0.29) is 30.3 Å². The predicted octanol–water partition coefficient (Wildman–Crippen LogP) is 8.78. The second-order valence-corrected chi connectivity index (χ2v) is 11.7. The molecule has 0 aliphatic carbocycles. The summed E-state index contributed by atoms with van der Waals surface area (Å²) >= 11 is 12.4. The van der Waals surface area contributed by atoms with Crippen LogP contribution in [0, 0.1) is 0 Å². The highest BCUT2D eigenvalue weighted by Crippen LogP contribution is 2.36. The van der Waals surface area contributed by atoms with Gasteiger partial charge in [0.1, 0.15) is 5.75 Å². The summed E-state index contributed by atoms with van der Waals surface area (Å²) in [6, 6.07) is 22.8. The van der Waals surface area contributed by atoms with Gasteiger partial charge in [-0.15, -0.1) is 12.4 Å². The highest BCUT2D eigenvalue weighted by molar-refractivity contribution is 6.42. The Bertz CT molecular complexity index is 1240. The molecule has 1 fully saturated rings. The van der Waals surface area contributed by atoms with E-state index in [2.05, 4.69) is 60.4 Å². The van der Waals surface area contributed by atoms with Crippen molar-refractivity contribution in [1.29, 1.82) is 0 Å². The number of hydrogen-bond donors (Lipinski definition) is 0. The number of rotatable bonds is 10. The van der Waals surface area contributed by atoms with Crippen molar-refractivity contribution in [2.75, 3.05) is 31.6 Å². The maximum atomic E-state index is 13.2. The van der Waals surface area contributed by atoms with Crippen molar-refractivity contribution in [3.05, 3.63) is 93.5 Å². The third kappa shape index (κ3) is 8.31.